The summed E-state index contributed by atoms with van der Waals surface area (Å²) in [5.74, 6) is 0. The van der Waals surface area contributed by atoms with Crippen LogP contribution in [0, 0.1) is 20.8 Å². The zero-order valence-electron chi connectivity index (χ0n) is 13.1. The second-order valence-electron chi connectivity index (χ2n) is 5.63. The molecule has 2 heteroatoms. The summed E-state index contributed by atoms with van der Waals surface area (Å²) in [4.78, 5) is 0. The third-order valence-electron chi connectivity index (χ3n) is 4.11. The van der Waals surface area contributed by atoms with Gasteiger partial charge in [-0.05, 0) is 36.6 Å². The predicted octanol–water partition coefficient (Wildman–Crippen LogP) is 3.89. The molecule has 0 bridgehead atoms. The summed E-state index contributed by atoms with van der Waals surface area (Å²) in [5.41, 5.74) is 7.54. The smallest absolute Gasteiger partial charge is 0.125 e. The van der Waals surface area contributed by atoms with Crippen LogP contribution in [0.1, 0.15) is 17.0 Å². The van der Waals surface area contributed by atoms with Crippen LogP contribution < -0.4 is 4.68 Å². The Hall–Kier alpha value is -2.35. The lowest BCUT2D eigenvalue weighted by molar-refractivity contribution is -0.749. The Bertz CT molecular complexity index is 783. The molecule has 3 rings (SSSR count). The maximum Gasteiger partial charge on any atom is 0.205 e. The highest BCUT2D eigenvalue weighted by Gasteiger charge is 2.17. The van der Waals surface area contributed by atoms with Crippen molar-refractivity contribution in [1.82, 2.24) is 4.68 Å². The predicted molar refractivity (Wildman–Crippen MR) is 86.6 cm³/mol. The fourth-order valence-electron chi connectivity index (χ4n) is 2.85. The molecule has 0 amide bonds. The molecule has 0 fully saturated rings. The first-order valence-corrected chi connectivity index (χ1v) is 7.29. The normalized spacial score (nSPS) is 10.9. The van der Waals surface area contributed by atoms with E-state index in [9.17, 15) is 0 Å². The second kappa shape index (κ2) is 5.21. The lowest BCUT2D eigenvalue weighted by Gasteiger charge is -2.10. The minimum absolute atomic E-state index is 1.24. The summed E-state index contributed by atoms with van der Waals surface area (Å²) in [7, 11) is 2.11. The van der Waals surface area contributed by atoms with Gasteiger partial charge in [0.05, 0.1) is 5.69 Å². The highest BCUT2D eigenvalue weighted by molar-refractivity contribution is 5.67. The summed E-state index contributed by atoms with van der Waals surface area (Å²) in [6.45, 7) is 6.46. The molecule has 2 nitrogen and oxygen atoms in total. The average Bonchev–Trinajstić information content (AvgIpc) is 2.74. The van der Waals surface area contributed by atoms with Crippen molar-refractivity contribution >= 4 is 0 Å². The molecule has 0 aliphatic rings. The summed E-state index contributed by atoms with van der Waals surface area (Å²) in [6, 6.07) is 19.4. The van der Waals surface area contributed by atoms with E-state index < -0.39 is 0 Å². The minimum Gasteiger partial charge on any atom is -0.125 e. The molecule has 0 N–H and O–H groups in total. The first kappa shape index (κ1) is 13.6. The van der Waals surface area contributed by atoms with Crippen molar-refractivity contribution < 1.29 is 4.68 Å². The maximum atomic E-state index is 2.27. The van der Waals surface area contributed by atoms with Gasteiger partial charge in [-0.25, -0.2) is 0 Å². The van der Waals surface area contributed by atoms with Gasteiger partial charge in [0.15, 0.2) is 7.05 Å². The van der Waals surface area contributed by atoms with Crippen LogP contribution in [0.2, 0.25) is 0 Å². The summed E-state index contributed by atoms with van der Waals surface area (Å²) < 4.78 is 4.48. The van der Waals surface area contributed by atoms with E-state index >= 15 is 0 Å². The Morgan fingerprint density at radius 3 is 2.14 bits per heavy atom. The van der Waals surface area contributed by atoms with E-state index in [1.54, 1.807) is 0 Å². The Morgan fingerprint density at radius 1 is 0.810 bits per heavy atom. The van der Waals surface area contributed by atoms with Crippen molar-refractivity contribution in [3.8, 4) is 16.8 Å². The van der Waals surface area contributed by atoms with Crippen molar-refractivity contribution in [1.29, 1.82) is 0 Å². The Balaban J connectivity index is 2.20. The standard InChI is InChI=1S/C19H21N2/c1-14-10-11-18(17-8-6-5-7-9-17)13-19(14)21-16(3)12-15(2)20(21)4/h5-13H,1-4H3/q+1. The molecule has 0 spiro atoms. The number of hydrogen-bond acceptors (Lipinski definition) is 0. The van der Waals surface area contributed by atoms with Crippen molar-refractivity contribution in [3.63, 3.8) is 0 Å². The largest absolute Gasteiger partial charge is 0.205 e. The zero-order valence-corrected chi connectivity index (χ0v) is 13.1. The van der Waals surface area contributed by atoms with Crippen LogP contribution in [-0.2, 0) is 7.05 Å². The molecule has 0 radical (unpaired) electrons. The molecule has 3 aromatic rings. The Morgan fingerprint density at radius 2 is 1.52 bits per heavy atom. The molecule has 0 unspecified atom stereocenters. The van der Waals surface area contributed by atoms with Gasteiger partial charge in [0.2, 0.25) is 5.69 Å². The molecule has 1 heterocycles. The topological polar surface area (TPSA) is 8.81 Å². The van der Waals surface area contributed by atoms with Crippen molar-refractivity contribution in [2.75, 3.05) is 0 Å². The lowest BCUT2D eigenvalue weighted by atomic mass is 10.0. The van der Waals surface area contributed by atoms with Crippen LogP contribution >= 0.6 is 0 Å². The van der Waals surface area contributed by atoms with E-state index in [1.807, 2.05) is 0 Å². The average molecular weight is 277 g/mol. The number of benzene rings is 2. The van der Waals surface area contributed by atoms with Gasteiger partial charge < -0.3 is 0 Å². The molecule has 0 saturated heterocycles. The summed E-state index contributed by atoms with van der Waals surface area (Å²) >= 11 is 0. The molecule has 0 aliphatic heterocycles. The van der Waals surface area contributed by atoms with E-state index in [4.69, 9.17) is 0 Å². The fourth-order valence-corrected chi connectivity index (χ4v) is 2.85. The van der Waals surface area contributed by atoms with Gasteiger partial charge in [-0.2, -0.15) is 0 Å². The molecule has 21 heavy (non-hydrogen) atoms. The van der Waals surface area contributed by atoms with Gasteiger partial charge in [-0.15, -0.1) is 9.36 Å². The van der Waals surface area contributed by atoms with Crippen LogP contribution in [0.25, 0.3) is 16.8 Å². The van der Waals surface area contributed by atoms with Crippen molar-refractivity contribution in [3.05, 3.63) is 71.5 Å². The van der Waals surface area contributed by atoms with Crippen LogP contribution in [0.5, 0.6) is 0 Å². The van der Waals surface area contributed by atoms with E-state index in [1.165, 1.54) is 33.8 Å². The van der Waals surface area contributed by atoms with Gasteiger partial charge in [0.1, 0.15) is 5.69 Å². The maximum absolute atomic E-state index is 2.27. The zero-order chi connectivity index (χ0) is 15.0. The molecule has 0 aliphatic carbocycles. The van der Waals surface area contributed by atoms with Gasteiger partial charge in [-0.3, -0.25) is 0 Å². The molecule has 0 saturated carbocycles. The quantitative estimate of drug-likeness (QED) is 0.628. The number of aromatic nitrogens is 2. The highest BCUT2D eigenvalue weighted by Crippen LogP contribution is 2.24. The molecule has 106 valence electrons. The second-order valence-corrected chi connectivity index (χ2v) is 5.63. The van der Waals surface area contributed by atoms with E-state index in [0.717, 1.165) is 0 Å². The number of rotatable bonds is 2. The van der Waals surface area contributed by atoms with E-state index in [0.29, 0.717) is 0 Å². The number of aryl methyl sites for hydroxylation is 3. The summed E-state index contributed by atoms with van der Waals surface area (Å²) in [5, 5.41) is 0. The van der Waals surface area contributed by atoms with E-state index in [-0.39, 0.29) is 0 Å². The van der Waals surface area contributed by atoms with Gasteiger partial charge >= 0.3 is 0 Å². The molecular formula is C19H21N2+. The highest BCUT2D eigenvalue weighted by atomic mass is 15.4. The van der Waals surface area contributed by atoms with Crippen molar-refractivity contribution in [2.24, 2.45) is 7.05 Å². The monoisotopic (exact) mass is 277 g/mol. The molecule has 2 aromatic carbocycles. The summed E-state index contributed by atoms with van der Waals surface area (Å²) in [6.07, 6.45) is 0. The van der Waals surface area contributed by atoms with Gasteiger partial charge in [-0.1, -0.05) is 42.5 Å². The molecule has 0 atom stereocenters. The number of hydrogen-bond donors (Lipinski definition) is 0. The molecule has 1 aromatic heterocycles. The third kappa shape index (κ3) is 2.38. The molecular weight excluding hydrogens is 256 g/mol. The Kier molecular flexibility index (Phi) is 3.38. The van der Waals surface area contributed by atoms with Gasteiger partial charge in [0, 0.05) is 13.0 Å². The van der Waals surface area contributed by atoms with Crippen LogP contribution in [0.4, 0.5) is 0 Å². The number of nitrogens with zero attached hydrogens (tertiary/aromatic N) is 2. The van der Waals surface area contributed by atoms with Crippen LogP contribution in [0.3, 0.4) is 0 Å². The third-order valence-corrected chi connectivity index (χ3v) is 4.11. The van der Waals surface area contributed by atoms with Gasteiger partial charge in [0.25, 0.3) is 0 Å². The van der Waals surface area contributed by atoms with Crippen LogP contribution in [0.15, 0.2) is 54.6 Å². The SMILES string of the molecule is Cc1ccc(-c2ccccc2)cc1-n1c(C)cc(C)[n+]1C. The fraction of sp³-hybridized carbons (Fsp3) is 0.211. The first-order chi connectivity index (χ1) is 10.1. The van der Waals surface area contributed by atoms with Crippen molar-refractivity contribution in [2.45, 2.75) is 20.8 Å². The minimum atomic E-state index is 1.24. The first-order valence-electron chi connectivity index (χ1n) is 7.29. The Labute approximate surface area is 126 Å². The van der Waals surface area contributed by atoms with E-state index in [2.05, 4.69) is 91.8 Å². The lowest BCUT2D eigenvalue weighted by Crippen LogP contribution is -2.40. The van der Waals surface area contributed by atoms with Crippen LogP contribution in [-0.4, -0.2) is 4.68 Å².